The summed E-state index contributed by atoms with van der Waals surface area (Å²) < 4.78 is 5.07. The van der Waals surface area contributed by atoms with Crippen LogP contribution in [0, 0.1) is 0 Å². The number of hydrogen-bond donors (Lipinski definition) is 1. The van der Waals surface area contributed by atoms with Gasteiger partial charge in [-0.3, -0.25) is 0 Å². The summed E-state index contributed by atoms with van der Waals surface area (Å²) in [6.45, 7) is 0. The molecule has 2 aromatic rings. The van der Waals surface area contributed by atoms with Crippen molar-refractivity contribution in [2.45, 2.75) is 10.8 Å². The van der Waals surface area contributed by atoms with Crippen LogP contribution < -0.4 is 0 Å². The van der Waals surface area contributed by atoms with E-state index in [1.165, 1.54) is 17.8 Å². The van der Waals surface area contributed by atoms with E-state index in [4.69, 9.17) is 9.52 Å². The van der Waals surface area contributed by atoms with Gasteiger partial charge in [-0.25, -0.2) is 14.8 Å². The standard InChI is InChI=1S/C10H8N2O3S/c13-10(14)7-2-3-9(15-7)16-6-8-11-4-1-5-12-8/h1-5H,6H2,(H,13,14). The van der Waals surface area contributed by atoms with Gasteiger partial charge in [0.1, 0.15) is 5.82 Å². The Morgan fingerprint density at radius 3 is 2.75 bits per heavy atom. The quantitative estimate of drug-likeness (QED) is 0.819. The van der Waals surface area contributed by atoms with Crippen LogP contribution in [-0.4, -0.2) is 21.0 Å². The van der Waals surface area contributed by atoms with Gasteiger partial charge in [0.2, 0.25) is 5.76 Å². The predicted octanol–water partition coefficient (Wildman–Crippen LogP) is 2.06. The fourth-order valence-electron chi connectivity index (χ4n) is 1.05. The Labute approximate surface area is 95.5 Å². The average Bonchev–Trinajstić information content (AvgIpc) is 2.76. The van der Waals surface area contributed by atoms with E-state index in [1.807, 2.05) is 0 Å². The molecule has 0 bridgehead atoms. The first-order chi connectivity index (χ1) is 7.75. The van der Waals surface area contributed by atoms with E-state index in [0.29, 0.717) is 16.7 Å². The molecule has 2 rings (SSSR count). The molecule has 2 heterocycles. The molecule has 6 heteroatoms. The number of carbonyl (C=O) groups is 1. The van der Waals surface area contributed by atoms with Gasteiger partial charge in [-0.1, -0.05) is 11.8 Å². The van der Waals surface area contributed by atoms with Crippen molar-refractivity contribution in [2.24, 2.45) is 0 Å². The highest BCUT2D eigenvalue weighted by Gasteiger charge is 2.09. The van der Waals surface area contributed by atoms with Crippen molar-refractivity contribution >= 4 is 17.7 Å². The third kappa shape index (κ3) is 2.60. The summed E-state index contributed by atoms with van der Waals surface area (Å²) in [6.07, 6.45) is 3.32. The minimum atomic E-state index is -1.07. The van der Waals surface area contributed by atoms with Gasteiger partial charge >= 0.3 is 5.97 Å². The Kier molecular flexibility index (Phi) is 3.21. The number of aromatic nitrogens is 2. The fourth-order valence-corrected chi connectivity index (χ4v) is 1.79. The lowest BCUT2D eigenvalue weighted by molar-refractivity contribution is 0.0656. The summed E-state index contributed by atoms with van der Waals surface area (Å²) in [5.74, 6) is 0.105. The lowest BCUT2D eigenvalue weighted by atomic mass is 10.5. The van der Waals surface area contributed by atoms with E-state index in [9.17, 15) is 4.79 Å². The van der Waals surface area contributed by atoms with Gasteiger partial charge in [0.25, 0.3) is 0 Å². The molecule has 2 aromatic heterocycles. The van der Waals surface area contributed by atoms with Crippen LogP contribution in [0.1, 0.15) is 16.4 Å². The van der Waals surface area contributed by atoms with Gasteiger partial charge in [-0.05, 0) is 18.2 Å². The Morgan fingerprint density at radius 2 is 2.12 bits per heavy atom. The zero-order valence-electron chi connectivity index (χ0n) is 8.16. The van der Waals surface area contributed by atoms with Crippen LogP contribution in [0.5, 0.6) is 0 Å². The molecule has 0 radical (unpaired) electrons. The molecule has 0 aromatic carbocycles. The van der Waals surface area contributed by atoms with Crippen molar-refractivity contribution < 1.29 is 14.3 Å². The van der Waals surface area contributed by atoms with Crippen LogP contribution >= 0.6 is 11.8 Å². The highest BCUT2D eigenvalue weighted by atomic mass is 32.2. The van der Waals surface area contributed by atoms with Crippen LogP contribution in [0.15, 0.2) is 40.1 Å². The first-order valence-corrected chi connectivity index (χ1v) is 5.46. The maximum atomic E-state index is 10.6. The molecule has 82 valence electrons. The Hall–Kier alpha value is -1.82. The van der Waals surface area contributed by atoms with Crippen molar-refractivity contribution in [3.8, 4) is 0 Å². The molecule has 0 unspecified atom stereocenters. The number of rotatable bonds is 4. The maximum Gasteiger partial charge on any atom is 0.371 e. The highest BCUT2D eigenvalue weighted by Crippen LogP contribution is 2.23. The van der Waals surface area contributed by atoms with E-state index >= 15 is 0 Å². The molecule has 5 nitrogen and oxygen atoms in total. The Morgan fingerprint density at radius 1 is 1.38 bits per heavy atom. The average molecular weight is 236 g/mol. The van der Waals surface area contributed by atoms with Gasteiger partial charge in [-0.15, -0.1) is 0 Å². The number of carboxylic acids is 1. The molecule has 1 N–H and O–H groups in total. The van der Waals surface area contributed by atoms with Gasteiger partial charge < -0.3 is 9.52 Å². The molecule has 0 spiro atoms. The number of nitrogens with zero attached hydrogens (tertiary/aromatic N) is 2. The summed E-state index contributed by atoms with van der Waals surface area (Å²) in [4.78, 5) is 18.7. The normalized spacial score (nSPS) is 10.2. The van der Waals surface area contributed by atoms with Gasteiger partial charge in [0.15, 0.2) is 5.09 Å². The maximum absolute atomic E-state index is 10.6. The van der Waals surface area contributed by atoms with Crippen LogP contribution in [-0.2, 0) is 5.75 Å². The first kappa shape index (κ1) is 10.7. The molecular formula is C10H8N2O3S. The second kappa shape index (κ2) is 4.80. The number of carboxylic acid groups (broad SMARTS) is 1. The largest absolute Gasteiger partial charge is 0.475 e. The second-order valence-corrected chi connectivity index (χ2v) is 3.86. The van der Waals surface area contributed by atoms with Crippen LogP contribution in [0.2, 0.25) is 0 Å². The van der Waals surface area contributed by atoms with Crippen molar-refractivity contribution in [3.05, 3.63) is 42.2 Å². The van der Waals surface area contributed by atoms with E-state index in [-0.39, 0.29) is 5.76 Å². The molecule has 0 aliphatic carbocycles. The van der Waals surface area contributed by atoms with Crippen molar-refractivity contribution in [3.63, 3.8) is 0 Å². The van der Waals surface area contributed by atoms with Gasteiger partial charge in [0, 0.05) is 12.4 Å². The lowest BCUT2D eigenvalue weighted by Crippen LogP contribution is -1.91. The van der Waals surface area contributed by atoms with Crippen LogP contribution in [0.3, 0.4) is 0 Å². The van der Waals surface area contributed by atoms with Crippen LogP contribution in [0.25, 0.3) is 0 Å². The predicted molar refractivity (Wildman–Crippen MR) is 57.3 cm³/mol. The Bertz CT molecular complexity index is 484. The van der Waals surface area contributed by atoms with E-state index in [1.54, 1.807) is 24.5 Å². The first-order valence-electron chi connectivity index (χ1n) is 4.47. The van der Waals surface area contributed by atoms with Crippen molar-refractivity contribution in [1.29, 1.82) is 0 Å². The molecule has 0 aliphatic rings. The number of thioether (sulfide) groups is 1. The minimum absolute atomic E-state index is 0.0588. The van der Waals surface area contributed by atoms with Gasteiger partial charge in [0.05, 0.1) is 5.75 Å². The topological polar surface area (TPSA) is 76.2 Å². The zero-order chi connectivity index (χ0) is 11.4. The molecule has 0 saturated carbocycles. The Balaban J connectivity index is 1.97. The van der Waals surface area contributed by atoms with Crippen LogP contribution in [0.4, 0.5) is 0 Å². The van der Waals surface area contributed by atoms with Crippen molar-refractivity contribution in [2.75, 3.05) is 0 Å². The summed E-state index contributed by atoms with van der Waals surface area (Å²) in [5.41, 5.74) is 0. The smallest absolute Gasteiger partial charge is 0.371 e. The lowest BCUT2D eigenvalue weighted by Gasteiger charge is -1.96. The molecule has 0 atom stereocenters. The monoisotopic (exact) mass is 236 g/mol. The van der Waals surface area contributed by atoms with Crippen molar-refractivity contribution in [1.82, 2.24) is 9.97 Å². The molecule has 0 aliphatic heterocycles. The minimum Gasteiger partial charge on any atom is -0.475 e. The summed E-state index contributed by atoms with van der Waals surface area (Å²) in [7, 11) is 0. The summed E-state index contributed by atoms with van der Waals surface area (Å²) in [5, 5.41) is 9.20. The molecule has 0 amide bonds. The third-order valence-electron chi connectivity index (χ3n) is 1.75. The van der Waals surface area contributed by atoms with Gasteiger partial charge in [-0.2, -0.15) is 0 Å². The molecule has 16 heavy (non-hydrogen) atoms. The van der Waals surface area contributed by atoms with E-state index in [2.05, 4.69) is 9.97 Å². The fraction of sp³-hybridized carbons (Fsp3) is 0.100. The zero-order valence-corrected chi connectivity index (χ0v) is 8.98. The molecule has 0 fully saturated rings. The number of aromatic carboxylic acids is 1. The molecular weight excluding hydrogens is 228 g/mol. The highest BCUT2D eigenvalue weighted by molar-refractivity contribution is 7.98. The third-order valence-corrected chi connectivity index (χ3v) is 2.66. The molecule has 0 saturated heterocycles. The summed E-state index contributed by atoms with van der Waals surface area (Å²) >= 11 is 1.36. The van der Waals surface area contributed by atoms with E-state index in [0.717, 1.165) is 0 Å². The van der Waals surface area contributed by atoms with E-state index < -0.39 is 5.97 Å². The number of hydrogen-bond acceptors (Lipinski definition) is 5. The second-order valence-electron chi connectivity index (χ2n) is 2.88. The number of furan rings is 1. The summed E-state index contributed by atoms with van der Waals surface area (Å²) in [6, 6.07) is 4.79. The SMILES string of the molecule is O=C(O)c1ccc(SCc2ncccn2)o1.